The monoisotopic (exact) mass is 408 g/mol. The van der Waals surface area contributed by atoms with Crippen LogP contribution in [0.25, 0.3) is 0 Å². The van der Waals surface area contributed by atoms with E-state index in [0.717, 1.165) is 18.4 Å². The fourth-order valence-corrected chi connectivity index (χ4v) is 5.00. The van der Waals surface area contributed by atoms with E-state index in [4.69, 9.17) is 4.74 Å². The van der Waals surface area contributed by atoms with Gasteiger partial charge < -0.3 is 14.7 Å². The van der Waals surface area contributed by atoms with Crippen LogP contribution >= 0.6 is 0 Å². The van der Waals surface area contributed by atoms with Crippen molar-refractivity contribution in [1.29, 1.82) is 0 Å². The lowest BCUT2D eigenvalue weighted by Gasteiger charge is -2.37. The average molecular weight is 409 g/mol. The molecule has 0 radical (unpaired) electrons. The average Bonchev–Trinajstić information content (AvgIpc) is 2.63. The van der Waals surface area contributed by atoms with Gasteiger partial charge in [-0.15, -0.1) is 0 Å². The van der Waals surface area contributed by atoms with Crippen LogP contribution in [0.3, 0.4) is 0 Å². The Hall–Kier alpha value is -1.59. The molecule has 0 aliphatic carbocycles. The van der Waals surface area contributed by atoms with Crippen molar-refractivity contribution in [3.8, 4) is 17.6 Å². The van der Waals surface area contributed by atoms with Crippen LogP contribution in [0.4, 0.5) is 0 Å². The second kappa shape index (κ2) is 9.75. The molecular formula is C21H32N2O4S. The molecule has 0 saturated heterocycles. The molecule has 1 aromatic rings. The number of rotatable bonds is 5. The van der Waals surface area contributed by atoms with Crippen molar-refractivity contribution < 1.29 is 18.3 Å². The van der Waals surface area contributed by atoms with Crippen molar-refractivity contribution in [3.05, 3.63) is 23.8 Å². The molecule has 156 valence electrons. The second-order valence-corrected chi connectivity index (χ2v) is 9.57. The maximum absolute atomic E-state index is 13.3. The Morgan fingerprint density at radius 3 is 2.71 bits per heavy atom. The molecule has 1 heterocycles. The topological polar surface area (TPSA) is 70.1 Å². The summed E-state index contributed by atoms with van der Waals surface area (Å²) in [5, 5.41) is 9.63. The molecule has 6 nitrogen and oxygen atoms in total. The Labute approximate surface area is 169 Å². The molecule has 0 spiro atoms. The molecule has 0 fully saturated rings. The Morgan fingerprint density at radius 1 is 1.39 bits per heavy atom. The van der Waals surface area contributed by atoms with E-state index < -0.39 is 16.1 Å². The number of aliphatic hydroxyl groups excluding tert-OH is 1. The second-order valence-electron chi connectivity index (χ2n) is 7.72. The summed E-state index contributed by atoms with van der Waals surface area (Å²) < 4.78 is 34.2. The first kappa shape index (κ1) is 22.7. The number of unbranched alkanes of at least 4 members (excludes halogenated alkanes) is 1. The lowest BCUT2D eigenvalue weighted by Crippen LogP contribution is -2.49. The minimum absolute atomic E-state index is 0.0471. The van der Waals surface area contributed by atoms with Gasteiger partial charge in [0, 0.05) is 37.0 Å². The summed E-state index contributed by atoms with van der Waals surface area (Å²) in [6.07, 6.45) is 1.58. The summed E-state index contributed by atoms with van der Waals surface area (Å²) in [6.45, 7) is 6.48. The van der Waals surface area contributed by atoms with Crippen molar-refractivity contribution in [3.63, 3.8) is 0 Å². The number of aliphatic hydroxyl groups is 1. The molecule has 0 aromatic heterocycles. The Morgan fingerprint density at radius 2 is 2.11 bits per heavy atom. The lowest BCUT2D eigenvalue weighted by atomic mass is 10.0. The van der Waals surface area contributed by atoms with Gasteiger partial charge in [0.1, 0.15) is 16.7 Å². The normalized spacial score (nSPS) is 23.0. The van der Waals surface area contributed by atoms with Crippen molar-refractivity contribution in [1.82, 2.24) is 9.21 Å². The van der Waals surface area contributed by atoms with E-state index in [1.807, 2.05) is 25.9 Å². The smallest absolute Gasteiger partial charge is 0.247 e. The predicted octanol–water partition coefficient (Wildman–Crippen LogP) is 2.17. The van der Waals surface area contributed by atoms with Crippen LogP contribution in [-0.4, -0.2) is 68.7 Å². The van der Waals surface area contributed by atoms with Gasteiger partial charge in [-0.1, -0.05) is 25.7 Å². The number of fused-ring (bicyclic) bond motifs is 1. The van der Waals surface area contributed by atoms with E-state index in [-0.39, 0.29) is 23.5 Å². The van der Waals surface area contributed by atoms with Crippen LogP contribution in [0.5, 0.6) is 5.75 Å². The van der Waals surface area contributed by atoms with E-state index in [9.17, 15) is 13.5 Å². The highest BCUT2D eigenvalue weighted by Crippen LogP contribution is 2.34. The summed E-state index contributed by atoms with van der Waals surface area (Å²) in [6, 6.07) is 4.50. The fraction of sp³-hybridized carbons (Fsp3) is 0.619. The third-order valence-corrected chi connectivity index (χ3v) is 6.84. The Balaban J connectivity index is 2.57. The zero-order chi connectivity index (χ0) is 20.9. The Kier molecular flexibility index (Phi) is 7.90. The quantitative estimate of drug-likeness (QED) is 0.756. The molecule has 1 aromatic carbocycles. The molecule has 0 saturated carbocycles. The molecule has 7 heteroatoms. The number of sulfonamides is 1. The summed E-state index contributed by atoms with van der Waals surface area (Å²) >= 11 is 0. The standard InChI is InChI=1S/C21H32N2O4S/c1-6-7-8-9-18-10-11-21-19(12-18)27-20(14-22(4)5)16(2)13-23(17(3)15-24)28(21,25)26/h10-12,16-17,20,24H,6-7,13-15H2,1-5H3/t16-,17+,20+/m1/s1. The van der Waals surface area contributed by atoms with Crippen molar-refractivity contribution >= 4 is 10.0 Å². The first-order chi connectivity index (χ1) is 13.2. The minimum atomic E-state index is -3.79. The molecule has 28 heavy (non-hydrogen) atoms. The van der Waals surface area contributed by atoms with Crippen LogP contribution in [0, 0.1) is 17.8 Å². The summed E-state index contributed by atoms with van der Waals surface area (Å²) in [7, 11) is 0.137. The highest BCUT2D eigenvalue weighted by atomic mass is 32.2. The van der Waals surface area contributed by atoms with Crippen molar-refractivity contribution in [2.24, 2.45) is 5.92 Å². The largest absolute Gasteiger partial charge is 0.487 e. The van der Waals surface area contributed by atoms with Crippen molar-refractivity contribution in [2.75, 3.05) is 33.8 Å². The summed E-state index contributed by atoms with van der Waals surface area (Å²) in [4.78, 5) is 2.16. The first-order valence-corrected chi connectivity index (χ1v) is 11.2. The van der Waals surface area contributed by atoms with E-state index in [0.29, 0.717) is 18.8 Å². The minimum Gasteiger partial charge on any atom is -0.487 e. The molecule has 1 aliphatic rings. The Bertz CT molecular complexity index is 827. The summed E-state index contributed by atoms with van der Waals surface area (Å²) in [5.74, 6) is 6.45. The van der Waals surface area contributed by atoms with Crippen LogP contribution in [0.2, 0.25) is 0 Å². The van der Waals surface area contributed by atoms with E-state index in [1.165, 1.54) is 4.31 Å². The van der Waals surface area contributed by atoms with Crippen molar-refractivity contribution in [2.45, 2.75) is 50.7 Å². The highest BCUT2D eigenvalue weighted by Gasteiger charge is 2.37. The number of hydrogen-bond acceptors (Lipinski definition) is 5. The van der Waals surface area contributed by atoms with Gasteiger partial charge in [-0.2, -0.15) is 4.31 Å². The zero-order valence-electron chi connectivity index (χ0n) is 17.5. The van der Waals surface area contributed by atoms with Gasteiger partial charge in [0.05, 0.1) is 6.61 Å². The van der Waals surface area contributed by atoms with Gasteiger partial charge in [-0.3, -0.25) is 0 Å². The molecule has 0 bridgehead atoms. The van der Waals surface area contributed by atoms with Crippen LogP contribution in [0.1, 0.15) is 39.2 Å². The number of likely N-dealkylation sites (N-methyl/N-ethyl adjacent to an activating group) is 1. The first-order valence-electron chi connectivity index (χ1n) is 9.77. The van der Waals surface area contributed by atoms with Crippen LogP contribution in [0.15, 0.2) is 23.1 Å². The van der Waals surface area contributed by atoms with Crippen LogP contribution in [-0.2, 0) is 10.0 Å². The number of ether oxygens (including phenoxy) is 1. The van der Waals surface area contributed by atoms with Crippen LogP contribution < -0.4 is 4.74 Å². The zero-order valence-corrected chi connectivity index (χ0v) is 18.3. The molecule has 0 unspecified atom stereocenters. The SMILES string of the molecule is CCCC#Cc1ccc2c(c1)O[C@@H](CN(C)C)[C@H](C)CN([C@@H](C)CO)S2(=O)=O. The summed E-state index contributed by atoms with van der Waals surface area (Å²) in [5.41, 5.74) is 0.737. The molecule has 3 atom stereocenters. The third-order valence-electron chi connectivity index (χ3n) is 4.82. The van der Waals surface area contributed by atoms with E-state index in [2.05, 4.69) is 18.8 Å². The molecule has 1 aliphatic heterocycles. The molecule has 0 amide bonds. The number of hydrogen-bond donors (Lipinski definition) is 1. The van der Waals surface area contributed by atoms with Gasteiger partial charge in [-0.25, -0.2) is 8.42 Å². The molecule has 1 N–H and O–H groups in total. The highest BCUT2D eigenvalue weighted by molar-refractivity contribution is 7.89. The van der Waals surface area contributed by atoms with E-state index in [1.54, 1.807) is 25.1 Å². The van der Waals surface area contributed by atoms with Gasteiger partial charge in [0.2, 0.25) is 10.0 Å². The van der Waals surface area contributed by atoms with Gasteiger partial charge in [0.25, 0.3) is 0 Å². The predicted molar refractivity (Wildman–Crippen MR) is 111 cm³/mol. The van der Waals surface area contributed by atoms with Gasteiger partial charge in [0.15, 0.2) is 0 Å². The molecule has 2 rings (SSSR count). The maximum Gasteiger partial charge on any atom is 0.247 e. The fourth-order valence-electron chi connectivity index (χ4n) is 3.17. The van der Waals surface area contributed by atoms with Gasteiger partial charge in [-0.05, 0) is 45.6 Å². The number of nitrogens with zero attached hydrogens (tertiary/aromatic N) is 2. The maximum atomic E-state index is 13.3. The van der Waals surface area contributed by atoms with Gasteiger partial charge >= 0.3 is 0 Å². The lowest BCUT2D eigenvalue weighted by molar-refractivity contribution is 0.0812. The third kappa shape index (κ3) is 5.26. The number of benzene rings is 1. The molecular weight excluding hydrogens is 376 g/mol. The van der Waals surface area contributed by atoms with E-state index >= 15 is 0 Å².